The normalized spacial score (nSPS) is 47.7. The lowest BCUT2D eigenvalue weighted by atomic mass is 9.39. The van der Waals surface area contributed by atoms with Gasteiger partial charge in [0, 0.05) is 6.04 Å². The van der Waals surface area contributed by atoms with Crippen molar-refractivity contribution in [2.24, 2.45) is 28.0 Å². The van der Waals surface area contributed by atoms with Crippen LogP contribution in [0, 0.1) is 22.2 Å². The molecule has 2 heteroatoms. The minimum absolute atomic E-state index is 0.540. The number of rotatable bonds is 6. The Kier molecular flexibility index (Phi) is 3.70. The number of nitrogens with two attached hydrogens (primary N) is 1. The van der Waals surface area contributed by atoms with Crippen molar-refractivity contribution in [3.8, 4) is 0 Å². The minimum Gasteiger partial charge on any atom is -0.271 e. The van der Waals surface area contributed by atoms with Crippen molar-refractivity contribution in [3.05, 3.63) is 0 Å². The van der Waals surface area contributed by atoms with E-state index < -0.39 is 0 Å². The van der Waals surface area contributed by atoms with Crippen LogP contribution in [0.4, 0.5) is 0 Å². The van der Waals surface area contributed by atoms with E-state index in [1.54, 1.807) is 0 Å². The molecule has 4 saturated carbocycles. The fraction of sp³-hybridized carbons (Fsp3) is 1.00. The lowest BCUT2D eigenvalue weighted by molar-refractivity contribution is -0.150. The zero-order valence-corrected chi connectivity index (χ0v) is 13.8. The molecule has 4 aliphatic rings. The van der Waals surface area contributed by atoms with Crippen LogP contribution in [0.2, 0.25) is 0 Å². The molecule has 0 radical (unpaired) electrons. The summed E-state index contributed by atoms with van der Waals surface area (Å²) in [5.41, 5.74) is 5.02. The molecule has 0 spiro atoms. The zero-order chi connectivity index (χ0) is 14.4. The van der Waals surface area contributed by atoms with Crippen LogP contribution in [-0.2, 0) is 0 Å². The Morgan fingerprint density at radius 1 is 1.10 bits per heavy atom. The second-order valence-electron chi connectivity index (χ2n) is 9.34. The fourth-order valence-corrected chi connectivity index (χ4v) is 7.13. The van der Waals surface area contributed by atoms with Crippen molar-refractivity contribution in [2.75, 3.05) is 0 Å². The van der Waals surface area contributed by atoms with Crippen molar-refractivity contribution >= 4 is 0 Å². The van der Waals surface area contributed by atoms with Gasteiger partial charge in [0.25, 0.3) is 0 Å². The molecule has 3 atom stereocenters. The lowest BCUT2D eigenvalue weighted by Gasteiger charge is -2.66. The second-order valence-corrected chi connectivity index (χ2v) is 9.34. The highest BCUT2D eigenvalue weighted by atomic mass is 15.2. The van der Waals surface area contributed by atoms with Gasteiger partial charge in [-0.3, -0.25) is 11.3 Å². The van der Waals surface area contributed by atoms with Crippen LogP contribution in [0.25, 0.3) is 0 Å². The van der Waals surface area contributed by atoms with E-state index in [2.05, 4.69) is 26.2 Å². The van der Waals surface area contributed by atoms with Gasteiger partial charge in [-0.2, -0.15) is 0 Å². The molecule has 4 aliphatic carbocycles. The highest BCUT2D eigenvalue weighted by Gasteiger charge is 2.59. The van der Waals surface area contributed by atoms with Gasteiger partial charge in [0.1, 0.15) is 0 Å². The maximum Gasteiger partial charge on any atom is 0.0215 e. The zero-order valence-electron chi connectivity index (χ0n) is 13.8. The number of unbranched alkanes of at least 4 members (excludes halogenated alkanes) is 1. The number of nitrogens with one attached hydrogen (secondary N) is 1. The molecule has 0 aromatic rings. The Morgan fingerprint density at radius 2 is 1.75 bits per heavy atom. The van der Waals surface area contributed by atoms with Gasteiger partial charge in [0.05, 0.1) is 0 Å². The molecule has 0 heterocycles. The lowest BCUT2D eigenvalue weighted by Crippen LogP contribution is -2.56. The molecule has 116 valence electrons. The van der Waals surface area contributed by atoms with Gasteiger partial charge < -0.3 is 0 Å². The summed E-state index contributed by atoms with van der Waals surface area (Å²) < 4.78 is 0. The molecule has 0 saturated heterocycles. The van der Waals surface area contributed by atoms with Crippen molar-refractivity contribution in [2.45, 2.75) is 91.0 Å². The quantitative estimate of drug-likeness (QED) is 0.558. The van der Waals surface area contributed by atoms with Gasteiger partial charge in [0.2, 0.25) is 0 Å². The van der Waals surface area contributed by atoms with E-state index in [1.165, 1.54) is 64.2 Å². The largest absolute Gasteiger partial charge is 0.271 e. The van der Waals surface area contributed by atoms with Crippen molar-refractivity contribution < 1.29 is 0 Å². The Hall–Kier alpha value is -0.0800. The Balaban J connectivity index is 1.75. The van der Waals surface area contributed by atoms with Gasteiger partial charge in [-0.05, 0) is 73.5 Å². The van der Waals surface area contributed by atoms with Crippen LogP contribution >= 0.6 is 0 Å². The average molecular weight is 278 g/mol. The van der Waals surface area contributed by atoms with Gasteiger partial charge in [0.15, 0.2) is 0 Å². The summed E-state index contributed by atoms with van der Waals surface area (Å²) in [6.45, 7) is 7.42. The van der Waals surface area contributed by atoms with Crippen molar-refractivity contribution in [1.29, 1.82) is 0 Å². The molecule has 0 aromatic heterocycles. The van der Waals surface area contributed by atoms with Crippen LogP contribution in [0.15, 0.2) is 0 Å². The predicted molar refractivity (Wildman–Crippen MR) is 85.1 cm³/mol. The summed E-state index contributed by atoms with van der Waals surface area (Å²) in [6.07, 6.45) is 14.1. The molecule has 3 unspecified atom stereocenters. The molecule has 4 rings (SSSR count). The molecular weight excluding hydrogens is 244 g/mol. The molecule has 4 bridgehead atoms. The summed E-state index contributed by atoms with van der Waals surface area (Å²) in [7, 11) is 0. The predicted octanol–water partition coefficient (Wildman–Crippen LogP) is 4.40. The van der Waals surface area contributed by atoms with Gasteiger partial charge in [-0.15, -0.1) is 0 Å². The third-order valence-corrected chi connectivity index (χ3v) is 6.56. The summed E-state index contributed by atoms with van der Waals surface area (Å²) in [5, 5.41) is 0. The number of hydrogen-bond donors (Lipinski definition) is 2. The average Bonchev–Trinajstić information content (AvgIpc) is 2.29. The Labute approximate surface area is 125 Å². The molecule has 0 aliphatic heterocycles. The molecule has 4 fully saturated rings. The minimum atomic E-state index is 0.540. The van der Waals surface area contributed by atoms with Gasteiger partial charge >= 0.3 is 0 Å². The first-order chi connectivity index (χ1) is 9.40. The summed E-state index contributed by atoms with van der Waals surface area (Å²) >= 11 is 0. The standard InChI is InChI=1S/C18H34N2/c1-4-5-6-15(20-19)10-18-9-14-7-16(2,12-18)11-17(3,8-14)13-18/h14-15,20H,4-13,19H2,1-3H3. The van der Waals surface area contributed by atoms with Crippen molar-refractivity contribution in [3.63, 3.8) is 0 Å². The maximum atomic E-state index is 5.86. The van der Waals surface area contributed by atoms with E-state index in [0.717, 1.165) is 5.92 Å². The summed E-state index contributed by atoms with van der Waals surface area (Å²) in [6, 6.07) is 0.540. The number of hydrogen-bond acceptors (Lipinski definition) is 2. The van der Waals surface area contributed by atoms with Gasteiger partial charge in [-0.25, -0.2) is 0 Å². The van der Waals surface area contributed by atoms with E-state index in [9.17, 15) is 0 Å². The second kappa shape index (κ2) is 4.98. The first-order valence-corrected chi connectivity index (χ1v) is 8.86. The van der Waals surface area contributed by atoms with Crippen LogP contribution in [-0.4, -0.2) is 6.04 Å². The third kappa shape index (κ3) is 2.66. The van der Waals surface area contributed by atoms with E-state index in [4.69, 9.17) is 5.84 Å². The van der Waals surface area contributed by atoms with E-state index in [-0.39, 0.29) is 0 Å². The fourth-order valence-electron chi connectivity index (χ4n) is 7.13. The molecule has 2 nitrogen and oxygen atoms in total. The summed E-state index contributed by atoms with van der Waals surface area (Å²) in [4.78, 5) is 0. The van der Waals surface area contributed by atoms with Crippen LogP contribution in [0.5, 0.6) is 0 Å². The van der Waals surface area contributed by atoms with E-state index in [1.807, 2.05) is 0 Å². The third-order valence-electron chi connectivity index (χ3n) is 6.56. The SMILES string of the molecule is CCCCC(CC12CC3CC(C)(CC(C)(C3)C1)C2)NN. The van der Waals surface area contributed by atoms with E-state index >= 15 is 0 Å². The summed E-state index contributed by atoms with van der Waals surface area (Å²) in [5.74, 6) is 6.86. The van der Waals surface area contributed by atoms with Crippen LogP contribution in [0.1, 0.15) is 85.0 Å². The first-order valence-electron chi connectivity index (χ1n) is 8.86. The maximum absolute atomic E-state index is 5.86. The Bertz CT molecular complexity index is 346. The molecular formula is C18H34N2. The van der Waals surface area contributed by atoms with Gasteiger partial charge in [-0.1, -0.05) is 33.6 Å². The topological polar surface area (TPSA) is 38.0 Å². The molecule has 3 N–H and O–H groups in total. The molecule has 20 heavy (non-hydrogen) atoms. The highest BCUT2D eigenvalue weighted by Crippen LogP contribution is 2.70. The van der Waals surface area contributed by atoms with Crippen LogP contribution < -0.4 is 11.3 Å². The smallest absolute Gasteiger partial charge is 0.0215 e. The first kappa shape index (κ1) is 14.8. The number of hydrazine groups is 1. The van der Waals surface area contributed by atoms with Crippen molar-refractivity contribution in [1.82, 2.24) is 5.43 Å². The highest BCUT2D eigenvalue weighted by molar-refractivity contribution is 5.10. The molecule has 0 aromatic carbocycles. The molecule has 0 amide bonds. The van der Waals surface area contributed by atoms with Crippen LogP contribution in [0.3, 0.4) is 0 Å². The van der Waals surface area contributed by atoms with E-state index in [0.29, 0.717) is 22.3 Å². The monoisotopic (exact) mass is 278 g/mol. The Morgan fingerprint density at radius 3 is 2.25 bits per heavy atom.